The molecule has 16 heavy (non-hydrogen) atoms. The third kappa shape index (κ3) is 2.30. The molecule has 1 fully saturated rings. The van der Waals surface area contributed by atoms with Crippen LogP contribution in [0.5, 0.6) is 0 Å². The molecule has 2 heterocycles. The second-order valence-corrected chi connectivity index (χ2v) is 4.04. The molecule has 0 bridgehead atoms. The molecule has 1 aliphatic heterocycles. The van der Waals surface area contributed by atoms with Gasteiger partial charge in [0.25, 0.3) is 5.91 Å². The highest BCUT2D eigenvalue weighted by atomic mass is 16.2. The average Bonchev–Trinajstić information content (AvgIpc) is 2.29. The number of likely N-dealkylation sites (N-methyl/N-ethyl adjacent to an activating group) is 1. The summed E-state index contributed by atoms with van der Waals surface area (Å²) in [6, 6.07) is 5.14. The molecule has 86 valence electrons. The summed E-state index contributed by atoms with van der Waals surface area (Å²) in [6.45, 7) is 3.33. The van der Waals surface area contributed by atoms with Gasteiger partial charge in [0.1, 0.15) is 11.5 Å². The van der Waals surface area contributed by atoms with Gasteiger partial charge >= 0.3 is 0 Å². The highest BCUT2D eigenvalue weighted by Crippen LogP contribution is 2.07. The molecule has 0 radical (unpaired) electrons. The quantitative estimate of drug-likeness (QED) is 0.726. The minimum Gasteiger partial charge on any atom is -0.384 e. The SMILES string of the molecule is CN1CCN(C(=O)c2cccc(N)n2)CC1. The Balaban J connectivity index is 2.08. The predicted molar refractivity (Wildman–Crippen MR) is 62.0 cm³/mol. The summed E-state index contributed by atoms with van der Waals surface area (Å²) in [6.07, 6.45) is 0. The highest BCUT2D eigenvalue weighted by Gasteiger charge is 2.21. The van der Waals surface area contributed by atoms with Crippen molar-refractivity contribution >= 4 is 11.7 Å². The summed E-state index contributed by atoms with van der Waals surface area (Å²) in [5.41, 5.74) is 5.99. The zero-order valence-corrected chi connectivity index (χ0v) is 9.39. The van der Waals surface area contributed by atoms with E-state index in [9.17, 15) is 4.79 Å². The number of carbonyl (C=O) groups is 1. The first-order chi connectivity index (χ1) is 7.66. The van der Waals surface area contributed by atoms with E-state index >= 15 is 0 Å². The normalized spacial score (nSPS) is 17.4. The highest BCUT2D eigenvalue weighted by molar-refractivity contribution is 5.92. The van der Waals surface area contributed by atoms with E-state index in [4.69, 9.17) is 5.73 Å². The smallest absolute Gasteiger partial charge is 0.272 e. The van der Waals surface area contributed by atoms with Gasteiger partial charge in [-0.15, -0.1) is 0 Å². The van der Waals surface area contributed by atoms with Gasteiger partial charge in [0.15, 0.2) is 0 Å². The van der Waals surface area contributed by atoms with Crippen molar-refractivity contribution in [3.8, 4) is 0 Å². The van der Waals surface area contributed by atoms with E-state index in [0.717, 1.165) is 26.2 Å². The zero-order valence-electron chi connectivity index (χ0n) is 9.39. The number of aromatic nitrogens is 1. The molecule has 5 nitrogen and oxygen atoms in total. The summed E-state index contributed by atoms with van der Waals surface area (Å²) in [5, 5.41) is 0. The van der Waals surface area contributed by atoms with Crippen LogP contribution in [0, 0.1) is 0 Å². The van der Waals surface area contributed by atoms with Crippen molar-refractivity contribution in [2.45, 2.75) is 0 Å². The summed E-state index contributed by atoms with van der Waals surface area (Å²) in [5.74, 6) is 0.361. The first kappa shape index (κ1) is 10.9. The van der Waals surface area contributed by atoms with Crippen LogP contribution < -0.4 is 5.73 Å². The number of pyridine rings is 1. The van der Waals surface area contributed by atoms with Crippen molar-refractivity contribution in [1.29, 1.82) is 0 Å². The molecule has 0 saturated carbocycles. The Labute approximate surface area is 94.9 Å². The van der Waals surface area contributed by atoms with Crippen LogP contribution in [0.1, 0.15) is 10.5 Å². The lowest BCUT2D eigenvalue weighted by atomic mass is 10.2. The van der Waals surface area contributed by atoms with Crippen molar-refractivity contribution in [3.63, 3.8) is 0 Å². The van der Waals surface area contributed by atoms with E-state index in [1.807, 2.05) is 4.90 Å². The second-order valence-electron chi connectivity index (χ2n) is 4.04. The number of hydrogen-bond acceptors (Lipinski definition) is 4. The first-order valence-electron chi connectivity index (χ1n) is 5.37. The molecule has 0 aliphatic carbocycles. The first-order valence-corrected chi connectivity index (χ1v) is 5.37. The van der Waals surface area contributed by atoms with Crippen LogP contribution in [-0.4, -0.2) is 53.9 Å². The number of anilines is 1. The van der Waals surface area contributed by atoms with E-state index in [0.29, 0.717) is 11.5 Å². The van der Waals surface area contributed by atoms with Crippen molar-refractivity contribution in [1.82, 2.24) is 14.8 Å². The van der Waals surface area contributed by atoms with Crippen LogP contribution in [0.25, 0.3) is 0 Å². The van der Waals surface area contributed by atoms with Gasteiger partial charge in [-0.1, -0.05) is 6.07 Å². The third-order valence-corrected chi connectivity index (χ3v) is 2.78. The van der Waals surface area contributed by atoms with Crippen LogP contribution >= 0.6 is 0 Å². The fourth-order valence-corrected chi connectivity index (χ4v) is 1.74. The molecule has 0 aromatic carbocycles. The van der Waals surface area contributed by atoms with Crippen molar-refractivity contribution < 1.29 is 4.79 Å². The number of nitrogen functional groups attached to an aromatic ring is 1. The molecule has 1 aromatic rings. The number of carbonyl (C=O) groups excluding carboxylic acids is 1. The number of hydrogen-bond donors (Lipinski definition) is 1. The standard InChI is InChI=1S/C11H16N4O/c1-14-5-7-15(8-6-14)11(16)9-3-2-4-10(12)13-9/h2-4H,5-8H2,1H3,(H2,12,13). The Hall–Kier alpha value is -1.62. The summed E-state index contributed by atoms with van der Waals surface area (Å²) < 4.78 is 0. The summed E-state index contributed by atoms with van der Waals surface area (Å²) in [4.78, 5) is 20.1. The molecule has 1 aromatic heterocycles. The Morgan fingerprint density at radius 1 is 1.31 bits per heavy atom. The minimum absolute atomic E-state index is 0.0274. The lowest BCUT2D eigenvalue weighted by molar-refractivity contribution is 0.0658. The maximum absolute atomic E-state index is 12.0. The summed E-state index contributed by atoms with van der Waals surface area (Å²) >= 11 is 0. The zero-order chi connectivity index (χ0) is 11.5. The molecule has 1 saturated heterocycles. The molecular weight excluding hydrogens is 204 g/mol. The Bertz CT molecular complexity index is 385. The Morgan fingerprint density at radius 3 is 2.62 bits per heavy atom. The lowest BCUT2D eigenvalue weighted by Gasteiger charge is -2.32. The topological polar surface area (TPSA) is 62.5 Å². The van der Waals surface area contributed by atoms with Crippen LogP contribution in [0.2, 0.25) is 0 Å². The average molecular weight is 220 g/mol. The van der Waals surface area contributed by atoms with Crippen LogP contribution in [0.4, 0.5) is 5.82 Å². The lowest BCUT2D eigenvalue weighted by Crippen LogP contribution is -2.47. The van der Waals surface area contributed by atoms with Crippen molar-refractivity contribution in [2.75, 3.05) is 39.0 Å². The van der Waals surface area contributed by atoms with Gasteiger partial charge in [-0.05, 0) is 19.2 Å². The van der Waals surface area contributed by atoms with E-state index in [2.05, 4.69) is 16.9 Å². The molecule has 5 heteroatoms. The molecule has 0 atom stereocenters. The number of piperazine rings is 1. The Morgan fingerprint density at radius 2 is 2.00 bits per heavy atom. The second kappa shape index (κ2) is 4.49. The number of amides is 1. The predicted octanol–water partition coefficient (Wildman–Crippen LogP) is 0.0514. The molecule has 1 amide bonds. The number of nitrogens with zero attached hydrogens (tertiary/aromatic N) is 3. The number of nitrogens with two attached hydrogens (primary N) is 1. The molecular formula is C11H16N4O. The molecule has 2 N–H and O–H groups in total. The van der Waals surface area contributed by atoms with Crippen LogP contribution in [0.15, 0.2) is 18.2 Å². The van der Waals surface area contributed by atoms with Gasteiger partial charge in [0.05, 0.1) is 0 Å². The van der Waals surface area contributed by atoms with Crippen LogP contribution in [0.3, 0.4) is 0 Å². The van der Waals surface area contributed by atoms with E-state index < -0.39 is 0 Å². The number of rotatable bonds is 1. The molecule has 0 spiro atoms. The largest absolute Gasteiger partial charge is 0.384 e. The third-order valence-electron chi connectivity index (χ3n) is 2.78. The van der Waals surface area contributed by atoms with Gasteiger partial charge in [0, 0.05) is 26.2 Å². The van der Waals surface area contributed by atoms with Gasteiger partial charge in [-0.2, -0.15) is 0 Å². The minimum atomic E-state index is -0.0274. The van der Waals surface area contributed by atoms with E-state index in [-0.39, 0.29) is 5.91 Å². The van der Waals surface area contributed by atoms with Gasteiger partial charge < -0.3 is 15.5 Å². The van der Waals surface area contributed by atoms with Crippen molar-refractivity contribution in [2.24, 2.45) is 0 Å². The van der Waals surface area contributed by atoms with Gasteiger partial charge in [-0.3, -0.25) is 4.79 Å². The molecule has 2 rings (SSSR count). The van der Waals surface area contributed by atoms with Crippen molar-refractivity contribution in [3.05, 3.63) is 23.9 Å². The maximum atomic E-state index is 12.0. The van der Waals surface area contributed by atoms with E-state index in [1.165, 1.54) is 0 Å². The Kier molecular flexibility index (Phi) is 3.05. The fraction of sp³-hybridized carbons (Fsp3) is 0.455. The van der Waals surface area contributed by atoms with Gasteiger partial charge in [-0.25, -0.2) is 4.98 Å². The van der Waals surface area contributed by atoms with Crippen LogP contribution in [-0.2, 0) is 0 Å². The van der Waals surface area contributed by atoms with E-state index in [1.54, 1.807) is 18.2 Å². The maximum Gasteiger partial charge on any atom is 0.272 e. The monoisotopic (exact) mass is 220 g/mol. The summed E-state index contributed by atoms with van der Waals surface area (Å²) in [7, 11) is 2.06. The molecule has 1 aliphatic rings. The fourth-order valence-electron chi connectivity index (χ4n) is 1.74. The van der Waals surface area contributed by atoms with Gasteiger partial charge in [0.2, 0.25) is 0 Å². The molecule has 0 unspecified atom stereocenters.